The van der Waals surface area contributed by atoms with Crippen LogP contribution in [0.3, 0.4) is 0 Å². The fourth-order valence-corrected chi connectivity index (χ4v) is 3.74. The van der Waals surface area contributed by atoms with Gasteiger partial charge in [-0.25, -0.2) is 13.4 Å². The maximum absolute atomic E-state index is 12.7. The Morgan fingerprint density at radius 2 is 2.00 bits per heavy atom. The van der Waals surface area contributed by atoms with Crippen molar-refractivity contribution in [3.05, 3.63) is 12.0 Å². The predicted octanol–water partition coefficient (Wildman–Crippen LogP) is 1.60. The van der Waals surface area contributed by atoms with Crippen molar-refractivity contribution >= 4 is 10.0 Å². The molecule has 0 saturated heterocycles. The lowest BCUT2D eigenvalue weighted by molar-refractivity contribution is 0.272. The third-order valence-electron chi connectivity index (χ3n) is 3.53. The molecule has 0 radical (unpaired) electrons. The minimum Gasteiger partial charge on any atom is -0.334 e. The number of sulfonamides is 1. The Labute approximate surface area is 128 Å². The molecule has 0 amide bonds. The van der Waals surface area contributed by atoms with Crippen molar-refractivity contribution in [2.45, 2.75) is 52.6 Å². The summed E-state index contributed by atoms with van der Waals surface area (Å²) in [6.45, 7) is 11.6. The lowest BCUT2D eigenvalue weighted by Gasteiger charge is -2.29. The molecule has 0 aliphatic heterocycles. The van der Waals surface area contributed by atoms with E-state index < -0.39 is 10.0 Å². The van der Waals surface area contributed by atoms with Crippen LogP contribution in [0.4, 0.5) is 0 Å². The van der Waals surface area contributed by atoms with Crippen molar-refractivity contribution in [3.63, 3.8) is 0 Å². The third kappa shape index (κ3) is 4.28. The van der Waals surface area contributed by atoms with Gasteiger partial charge in [-0.2, -0.15) is 4.31 Å². The van der Waals surface area contributed by atoms with Crippen LogP contribution in [0, 0.1) is 12.3 Å². The number of rotatable bonds is 8. The molecule has 0 spiro atoms. The summed E-state index contributed by atoms with van der Waals surface area (Å²) in [5, 5.41) is 0.128. The van der Waals surface area contributed by atoms with Crippen molar-refractivity contribution in [1.29, 1.82) is 0 Å². The average Bonchev–Trinajstić information content (AvgIpc) is 2.79. The summed E-state index contributed by atoms with van der Waals surface area (Å²) in [6, 6.07) is 0. The van der Waals surface area contributed by atoms with E-state index in [0.717, 1.165) is 18.8 Å². The van der Waals surface area contributed by atoms with Gasteiger partial charge in [0.05, 0.1) is 0 Å². The van der Waals surface area contributed by atoms with Gasteiger partial charge in [0.15, 0.2) is 5.03 Å². The number of hydrogen-bond donors (Lipinski definition) is 1. The van der Waals surface area contributed by atoms with Gasteiger partial charge in [0.25, 0.3) is 10.0 Å². The summed E-state index contributed by atoms with van der Waals surface area (Å²) < 4.78 is 28.8. The van der Waals surface area contributed by atoms with Crippen molar-refractivity contribution in [2.75, 3.05) is 19.6 Å². The highest BCUT2D eigenvalue weighted by atomic mass is 32.2. The molecule has 0 unspecified atom stereocenters. The van der Waals surface area contributed by atoms with Gasteiger partial charge in [0.2, 0.25) is 0 Å². The summed E-state index contributed by atoms with van der Waals surface area (Å²) in [4.78, 5) is 4.23. The largest absolute Gasteiger partial charge is 0.334 e. The molecule has 0 aliphatic rings. The first-order valence-electron chi connectivity index (χ1n) is 7.42. The molecule has 1 aromatic heterocycles. The average molecular weight is 316 g/mol. The second-order valence-corrected chi connectivity index (χ2v) is 8.00. The molecule has 1 aromatic rings. The van der Waals surface area contributed by atoms with Gasteiger partial charge in [-0.1, -0.05) is 27.7 Å². The number of hydrogen-bond acceptors (Lipinski definition) is 4. The fraction of sp³-hybridized carbons (Fsp3) is 0.786. The first kappa shape index (κ1) is 18.1. The van der Waals surface area contributed by atoms with Gasteiger partial charge >= 0.3 is 0 Å². The molecule has 0 aliphatic carbocycles. The van der Waals surface area contributed by atoms with Crippen LogP contribution in [0.5, 0.6) is 0 Å². The molecule has 122 valence electrons. The van der Waals surface area contributed by atoms with Gasteiger partial charge in [-0.3, -0.25) is 0 Å². The van der Waals surface area contributed by atoms with Crippen LogP contribution >= 0.6 is 0 Å². The maximum atomic E-state index is 12.7. The van der Waals surface area contributed by atoms with Crippen LogP contribution in [0.25, 0.3) is 0 Å². The van der Waals surface area contributed by atoms with E-state index in [2.05, 4.69) is 11.9 Å². The minimum atomic E-state index is -3.57. The number of nitrogens with two attached hydrogens (primary N) is 1. The van der Waals surface area contributed by atoms with Crippen LogP contribution in [0.2, 0.25) is 0 Å². The Bertz CT molecular complexity index is 564. The highest BCUT2D eigenvalue weighted by Crippen LogP contribution is 2.21. The first-order chi connectivity index (χ1) is 9.67. The molecule has 1 rings (SSSR count). The molecular weight excluding hydrogens is 288 g/mol. The van der Waals surface area contributed by atoms with Gasteiger partial charge < -0.3 is 10.3 Å². The monoisotopic (exact) mass is 316 g/mol. The van der Waals surface area contributed by atoms with E-state index in [9.17, 15) is 8.42 Å². The van der Waals surface area contributed by atoms with Crippen LogP contribution in [-0.2, 0) is 16.6 Å². The summed E-state index contributed by atoms with van der Waals surface area (Å²) in [5.74, 6) is 0.726. The van der Waals surface area contributed by atoms with Crippen molar-refractivity contribution in [3.8, 4) is 0 Å². The number of aryl methyl sites for hydroxylation is 2. The normalized spacial score (nSPS) is 13.1. The van der Waals surface area contributed by atoms with Crippen LogP contribution < -0.4 is 5.73 Å². The van der Waals surface area contributed by atoms with E-state index in [-0.39, 0.29) is 10.4 Å². The highest BCUT2D eigenvalue weighted by Gasteiger charge is 2.31. The van der Waals surface area contributed by atoms with E-state index in [0.29, 0.717) is 19.6 Å². The van der Waals surface area contributed by atoms with E-state index in [4.69, 9.17) is 5.73 Å². The molecule has 0 saturated carbocycles. The zero-order valence-corrected chi connectivity index (χ0v) is 14.6. The summed E-state index contributed by atoms with van der Waals surface area (Å²) >= 11 is 0. The van der Waals surface area contributed by atoms with Gasteiger partial charge in [0, 0.05) is 25.8 Å². The zero-order valence-electron chi connectivity index (χ0n) is 13.8. The van der Waals surface area contributed by atoms with Gasteiger partial charge in [-0.05, 0) is 25.3 Å². The molecule has 21 heavy (non-hydrogen) atoms. The van der Waals surface area contributed by atoms with E-state index in [1.165, 1.54) is 4.31 Å². The van der Waals surface area contributed by atoms with E-state index >= 15 is 0 Å². The second-order valence-electron chi connectivity index (χ2n) is 6.12. The molecule has 0 bridgehead atoms. The number of imidazole rings is 1. The predicted molar refractivity (Wildman–Crippen MR) is 84.5 cm³/mol. The Morgan fingerprint density at radius 3 is 2.48 bits per heavy atom. The molecule has 0 atom stereocenters. The molecule has 0 aromatic carbocycles. The number of aromatic nitrogens is 2. The molecule has 6 nitrogen and oxygen atoms in total. The zero-order chi connectivity index (χ0) is 16.3. The lowest BCUT2D eigenvalue weighted by Crippen LogP contribution is -2.42. The Hall–Kier alpha value is -0.920. The van der Waals surface area contributed by atoms with Crippen LogP contribution in [-0.4, -0.2) is 41.9 Å². The lowest BCUT2D eigenvalue weighted by atomic mass is 9.94. The minimum absolute atomic E-state index is 0.128. The molecular formula is C14H28N4O2S. The molecule has 0 fully saturated rings. The first-order valence-corrected chi connectivity index (χ1v) is 8.86. The van der Waals surface area contributed by atoms with Crippen LogP contribution in [0.15, 0.2) is 11.2 Å². The quantitative estimate of drug-likeness (QED) is 0.790. The SMILES string of the molecule is CCCn1cc(S(=O)(=O)N(CC)CC(C)(C)CN)nc1C. The highest BCUT2D eigenvalue weighted by molar-refractivity contribution is 7.89. The van der Waals surface area contributed by atoms with Crippen molar-refractivity contribution in [1.82, 2.24) is 13.9 Å². The topological polar surface area (TPSA) is 81.2 Å². The Balaban J connectivity index is 3.10. The van der Waals surface area contributed by atoms with Crippen LogP contribution in [0.1, 0.15) is 39.9 Å². The van der Waals surface area contributed by atoms with Crippen molar-refractivity contribution < 1.29 is 8.42 Å². The summed E-state index contributed by atoms with van der Waals surface area (Å²) in [7, 11) is -3.57. The summed E-state index contributed by atoms with van der Waals surface area (Å²) in [6.07, 6.45) is 2.57. The molecule has 2 N–H and O–H groups in total. The number of nitrogens with zero attached hydrogens (tertiary/aromatic N) is 3. The smallest absolute Gasteiger partial charge is 0.262 e. The fourth-order valence-electron chi connectivity index (χ4n) is 2.11. The van der Waals surface area contributed by atoms with Gasteiger partial charge in [0.1, 0.15) is 5.82 Å². The molecule has 1 heterocycles. The third-order valence-corrected chi connectivity index (χ3v) is 5.32. The standard InChI is InChI=1S/C14H28N4O2S/c1-6-8-17-9-13(16-12(17)3)21(19,20)18(7-2)11-14(4,5)10-15/h9H,6-8,10-11,15H2,1-5H3. The van der Waals surface area contributed by atoms with E-state index in [1.807, 2.05) is 32.3 Å². The van der Waals surface area contributed by atoms with Gasteiger partial charge in [-0.15, -0.1) is 0 Å². The second kappa shape index (κ2) is 6.89. The van der Waals surface area contributed by atoms with E-state index in [1.54, 1.807) is 6.20 Å². The maximum Gasteiger partial charge on any atom is 0.262 e. The Kier molecular flexibility index (Phi) is 5.95. The molecule has 7 heteroatoms. The van der Waals surface area contributed by atoms with Crippen molar-refractivity contribution in [2.24, 2.45) is 11.1 Å². The Morgan fingerprint density at radius 1 is 1.38 bits per heavy atom. The summed E-state index contributed by atoms with van der Waals surface area (Å²) in [5.41, 5.74) is 5.46.